The van der Waals surface area contributed by atoms with Crippen LogP contribution >= 0.6 is 34.0 Å². The number of anilines is 3. The van der Waals surface area contributed by atoms with Crippen LogP contribution in [0.1, 0.15) is 26.3 Å². The van der Waals surface area contributed by atoms with Crippen LogP contribution in [-0.4, -0.2) is 11.3 Å². The highest BCUT2D eigenvalue weighted by Gasteiger charge is 2.45. The highest BCUT2D eigenvalue weighted by atomic mass is 32.1. The van der Waals surface area contributed by atoms with Gasteiger partial charge in [0, 0.05) is 78.1 Å². The Balaban J connectivity index is 1.23. The molecule has 0 saturated heterocycles. The Labute approximate surface area is 359 Å². The number of thiophene rings is 3. The number of aromatic nitrogens is 1. The standard InChI is InChI=1S/C54H35BN2S3/c1-54(2,3)31-24-26-39(37(28-31)30-14-5-4-6-15-30)56-40-29-45-46(32-16-7-10-21-41(32)59-45)48-35-19-13-20-36-50(35)57(51-34-18-9-12-23-43(34)60-53(36)51)55(49(40)48)38-25-27-44-47(52(38)56)33-17-8-11-22-42(33)58-44/h4-29H,1-3H3. The summed E-state index contributed by atoms with van der Waals surface area (Å²) in [5.41, 5.74) is 15.7. The molecule has 0 radical (unpaired) electrons. The minimum absolute atomic E-state index is 0.0167. The van der Waals surface area contributed by atoms with E-state index in [2.05, 4.69) is 188 Å². The van der Waals surface area contributed by atoms with Gasteiger partial charge in [-0.25, -0.2) is 0 Å². The average molecular weight is 819 g/mol. The summed E-state index contributed by atoms with van der Waals surface area (Å²) in [5.74, 6) is 0. The number of hydrogen-bond acceptors (Lipinski definition) is 4. The van der Waals surface area contributed by atoms with E-state index in [4.69, 9.17) is 0 Å². The van der Waals surface area contributed by atoms with Gasteiger partial charge in [0.15, 0.2) is 0 Å². The maximum Gasteiger partial charge on any atom is 0.333 e. The van der Waals surface area contributed by atoms with Crippen LogP contribution in [0.25, 0.3) is 93.8 Å². The molecule has 2 aliphatic rings. The van der Waals surface area contributed by atoms with Gasteiger partial charge < -0.3 is 9.38 Å². The molecule has 4 aromatic heterocycles. The van der Waals surface area contributed by atoms with Gasteiger partial charge >= 0.3 is 6.85 Å². The third-order valence-corrected chi connectivity index (χ3v) is 16.8. The molecular formula is C54H35BN2S3. The van der Waals surface area contributed by atoms with Crippen LogP contribution in [0.15, 0.2) is 158 Å². The Morgan fingerprint density at radius 1 is 0.483 bits per heavy atom. The number of fused-ring (bicyclic) bond motifs is 17. The summed E-state index contributed by atoms with van der Waals surface area (Å²) < 4.78 is 10.8. The zero-order valence-corrected chi connectivity index (χ0v) is 35.7. The summed E-state index contributed by atoms with van der Waals surface area (Å²) in [4.78, 5) is 2.70. The Bertz CT molecular complexity index is 3840. The van der Waals surface area contributed by atoms with Gasteiger partial charge in [-0.3, -0.25) is 0 Å². The predicted octanol–water partition coefficient (Wildman–Crippen LogP) is 15.1. The highest BCUT2D eigenvalue weighted by molar-refractivity contribution is 7.27. The average Bonchev–Trinajstić information content (AvgIpc) is 4.03. The summed E-state index contributed by atoms with van der Waals surface area (Å²) in [5, 5.41) is 8.06. The van der Waals surface area contributed by atoms with E-state index in [1.807, 2.05) is 34.0 Å². The zero-order chi connectivity index (χ0) is 39.6. The summed E-state index contributed by atoms with van der Waals surface area (Å²) in [6.45, 7) is 6.94. The third kappa shape index (κ3) is 4.28. The molecule has 0 N–H and O–H groups in total. The van der Waals surface area contributed by atoms with E-state index in [0.29, 0.717) is 0 Å². The first-order chi connectivity index (χ1) is 29.4. The summed E-state index contributed by atoms with van der Waals surface area (Å²) in [6.07, 6.45) is 0. The van der Waals surface area contributed by atoms with Crippen LogP contribution in [0.2, 0.25) is 0 Å². The van der Waals surface area contributed by atoms with Gasteiger partial charge in [0.2, 0.25) is 0 Å². The Hall–Kier alpha value is -6.18. The van der Waals surface area contributed by atoms with Crippen molar-refractivity contribution in [1.82, 2.24) is 4.48 Å². The van der Waals surface area contributed by atoms with E-state index < -0.39 is 0 Å². The summed E-state index contributed by atoms with van der Waals surface area (Å²) >= 11 is 5.79. The van der Waals surface area contributed by atoms with E-state index >= 15 is 0 Å². The van der Waals surface area contributed by atoms with Crippen LogP contribution in [-0.2, 0) is 5.41 Å². The van der Waals surface area contributed by atoms with Crippen LogP contribution in [0.4, 0.5) is 17.1 Å². The molecule has 0 amide bonds. The molecule has 0 atom stereocenters. The van der Waals surface area contributed by atoms with Gasteiger partial charge in [0.1, 0.15) is 0 Å². The second-order valence-corrected chi connectivity index (χ2v) is 20.8. The fourth-order valence-electron chi connectivity index (χ4n) is 10.8. The maximum atomic E-state index is 2.77. The lowest BCUT2D eigenvalue weighted by Gasteiger charge is -2.42. The third-order valence-electron chi connectivity index (χ3n) is 13.3. The first-order valence-electron chi connectivity index (χ1n) is 20.8. The first kappa shape index (κ1) is 33.6. The van der Waals surface area contributed by atoms with Crippen molar-refractivity contribution in [2.75, 3.05) is 4.90 Å². The normalized spacial score (nSPS) is 13.5. The van der Waals surface area contributed by atoms with Crippen molar-refractivity contribution in [2.45, 2.75) is 26.2 Å². The van der Waals surface area contributed by atoms with Gasteiger partial charge in [0.25, 0.3) is 0 Å². The van der Waals surface area contributed by atoms with Crippen LogP contribution in [0.3, 0.4) is 0 Å². The molecular weight excluding hydrogens is 784 g/mol. The highest BCUT2D eigenvalue weighted by Crippen LogP contribution is 2.55. The van der Waals surface area contributed by atoms with Gasteiger partial charge in [-0.05, 0) is 75.5 Å². The minimum Gasteiger partial charge on any atom is -0.374 e. The monoisotopic (exact) mass is 818 g/mol. The van der Waals surface area contributed by atoms with Crippen molar-refractivity contribution in [3.05, 3.63) is 163 Å². The van der Waals surface area contributed by atoms with Crippen molar-refractivity contribution in [1.29, 1.82) is 0 Å². The molecule has 2 nitrogen and oxygen atoms in total. The predicted molar refractivity (Wildman–Crippen MR) is 265 cm³/mol. The molecule has 0 fully saturated rings. The first-order valence-corrected chi connectivity index (χ1v) is 23.2. The minimum atomic E-state index is -0.0469. The van der Waals surface area contributed by atoms with E-state index in [0.717, 1.165) is 0 Å². The van der Waals surface area contributed by atoms with Crippen LogP contribution in [0, 0.1) is 0 Å². The Morgan fingerprint density at radius 2 is 1.15 bits per heavy atom. The summed E-state index contributed by atoms with van der Waals surface area (Å²) in [6, 6.07) is 60.1. The lowest BCUT2D eigenvalue weighted by Crippen LogP contribution is -2.56. The fraction of sp³-hybridized carbons (Fsp3) is 0.0741. The molecule has 0 aliphatic carbocycles. The number of para-hydroxylation sites is 1. The molecule has 6 heterocycles. The number of benzene rings is 8. The fourth-order valence-corrected chi connectivity index (χ4v) is 14.2. The molecule has 0 unspecified atom stereocenters. The molecule has 14 rings (SSSR count). The van der Waals surface area contributed by atoms with Gasteiger partial charge in [-0.15, -0.1) is 34.0 Å². The van der Waals surface area contributed by atoms with E-state index in [9.17, 15) is 0 Å². The van der Waals surface area contributed by atoms with E-state index in [1.165, 1.54) is 127 Å². The Kier molecular flexibility index (Phi) is 6.59. The van der Waals surface area contributed by atoms with Gasteiger partial charge in [-0.1, -0.05) is 136 Å². The van der Waals surface area contributed by atoms with E-state index in [-0.39, 0.29) is 12.3 Å². The second-order valence-electron chi connectivity index (χ2n) is 17.6. The topological polar surface area (TPSA) is 8.17 Å². The molecule has 0 spiro atoms. The molecule has 60 heavy (non-hydrogen) atoms. The van der Waals surface area contributed by atoms with Crippen LogP contribution in [0.5, 0.6) is 0 Å². The number of rotatable bonds is 2. The van der Waals surface area contributed by atoms with Crippen molar-refractivity contribution in [3.63, 3.8) is 0 Å². The van der Waals surface area contributed by atoms with Gasteiger partial charge in [0.05, 0.1) is 21.6 Å². The van der Waals surface area contributed by atoms with Crippen molar-refractivity contribution < 1.29 is 0 Å². The zero-order valence-electron chi connectivity index (χ0n) is 33.2. The molecule has 2 aliphatic heterocycles. The molecule has 0 bridgehead atoms. The molecule has 6 heteroatoms. The summed E-state index contributed by atoms with van der Waals surface area (Å²) in [7, 11) is 0. The maximum absolute atomic E-state index is 2.77. The Morgan fingerprint density at radius 3 is 1.92 bits per heavy atom. The van der Waals surface area contributed by atoms with Crippen LogP contribution < -0.4 is 15.8 Å². The smallest absolute Gasteiger partial charge is 0.333 e. The number of hydrogen-bond donors (Lipinski definition) is 0. The second kappa shape index (κ2) is 11.8. The number of nitrogens with zero attached hydrogens (tertiary/aromatic N) is 2. The largest absolute Gasteiger partial charge is 0.374 e. The SMILES string of the molecule is CC(C)(C)c1ccc(N2c3cc4sc5ccccc5c4c4c3B(c3ccc5sc6ccccc6c5c32)n2c3c-4cccc3c3sc4ccccc4c32)c(-c2ccccc2)c1. The van der Waals surface area contributed by atoms with Crippen molar-refractivity contribution >= 4 is 140 Å². The molecule has 8 aromatic carbocycles. The van der Waals surface area contributed by atoms with Crippen molar-refractivity contribution in [2.24, 2.45) is 0 Å². The molecule has 282 valence electrons. The van der Waals surface area contributed by atoms with Gasteiger partial charge in [-0.2, -0.15) is 0 Å². The van der Waals surface area contributed by atoms with E-state index in [1.54, 1.807) is 0 Å². The molecule has 0 saturated carbocycles. The lowest BCUT2D eigenvalue weighted by atomic mass is 9.44. The lowest BCUT2D eigenvalue weighted by molar-refractivity contribution is 0.590. The molecule has 12 aromatic rings. The van der Waals surface area contributed by atoms with Crippen molar-refractivity contribution in [3.8, 4) is 22.3 Å². The quantitative estimate of drug-likeness (QED) is 0.158.